The van der Waals surface area contributed by atoms with Crippen molar-refractivity contribution in [1.29, 1.82) is 0 Å². The van der Waals surface area contributed by atoms with Gasteiger partial charge in [-0.2, -0.15) is 0 Å². The van der Waals surface area contributed by atoms with E-state index in [1.807, 2.05) is 32.0 Å². The molecule has 1 fully saturated rings. The van der Waals surface area contributed by atoms with Gasteiger partial charge in [0.2, 0.25) is 0 Å². The van der Waals surface area contributed by atoms with Crippen molar-refractivity contribution in [3.63, 3.8) is 0 Å². The maximum absolute atomic E-state index is 12.4. The maximum Gasteiger partial charge on any atom is 0.338 e. The molecule has 0 bridgehead atoms. The van der Waals surface area contributed by atoms with E-state index < -0.39 is 40.6 Å². The molecule has 4 atom stereocenters. The summed E-state index contributed by atoms with van der Waals surface area (Å²) in [6.45, 7) is 73.8. The molecule has 0 N–H and O–H groups in total. The van der Waals surface area contributed by atoms with E-state index >= 15 is 0 Å². The molecule has 568 valence electrons. The molecule has 0 spiro atoms. The lowest BCUT2D eigenvalue weighted by Crippen LogP contribution is -2.44. The third-order valence-corrected chi connectivity index (χ3v) is 50.4. The second kappa shape index (κ2) is 33.8. The van der Waals surface area contributed by atoms with Gasteiger partial charge in [0.15, 0.2) is 11.6 Å². The average Bonchev–Trinajstić information content (AvgIpc) is 1.58. The molecular formula is C94H136O6Si5. The molecule has 6 nitrogen and oxygen atoms in total. The highest BCUT2D eigenvalue weighted by Gasteiger charge is 2.49. The number of ether oxygens (including phenoxy) is 2. The summed E-state index contributed by atoms with van der Waals surface area (Å²) in [5.74, 6) is 2.32. The minimum atomic E-state index is -1.93. The number of hydrogen-bond acceptors (Lipinski definition) is 6. The van der Waals surface area contributed by atoms with E-state index in [-0.39, 0.29) is 22.8 Å². The van der Waals surface area contributed by atoms with Gasteiger partial charge in [-0.25, -0.2) is 4.79 Å². The highest BCUT2D eigenvalue weighted by molar-refractivity contribution is 6.82. The van der Waals surface area contributed by atoms with Crippen molar-refractivity contribution in [2.75, 3.05) is 13.2 Å². The summed E-state index contributed by atoms with van der Waals surface area (Å²) in [4.78, 5) is 35.0. The number of para-hydroxylation sites is 1. The Morgan fingerprint density at radius 1 is 0.486 bits per heavy atom. The summed E-state index contributed by atoms with van der Waals surface area (Å²) in [6.07, 6.45) is 13.0. The molecule has 6 aromatic rings. The molecule has 1 saturated heterocycles. The van der Waals surface area contributed by atoms with Crippen molar-refractivity contribution in [2.24, 2.45) is 11.8 Å². The zero-order valence-electron chi connectivity index (χ0n) is 70.8. The minimum Gasteiger partial charge on any atom is -0.543 e. The predicted molar refractivity (Wildman–Crippen MR) is 466 cm³/mol. The first-order valence-corrected chi connectivity index (χ1v) is 55.0. The van der Waals surface area contributed by atoms with E-state index in [0.29, 0.717) is 49.1 Å². The molecule has 4 unspecified atom stereocenters. The lowest BCUT2D eigenvalue weighted by atomic mass is 10.0. The molecule has 0 radical (unpaired) electrons. The van der Waals surface area contributed by atoms with E-state index in [9.17, 15) is 14.4 Å². The SMILES string of the molecule is C1CCOC1.C=C(C)C(=O)Oc1ccccc1.CC1=Cc2c(C[Si](C)(C)C(C)(C)C)cccc2C1[Si](C)(C)C1C(C)=Cc2c(O[Si](C)(C)C(C)(C)C)cccc21.CC1=Cc2c(cccc2C[Si](C)(C)C(C)(C)C)C1.CC1Cc2cccc(C[Si](C)(C)C(C)(C)C)c2C1=O.Cc1cccc2c1C(=O)C(C)C2. The average molecular weight is 1500 g/mol. The topological polar surface area (TPSA) is 78.9 Å². The number of carbonyl (C=O) groups excluding carboxylic acids is 3. The van der Waals surface area contributed by atoms with Crippen LogP contribution in [0.1, 0.15) is 236 Å². The third-order valence-electron chi connectivity index (χ3n) is 25.6. The van der Waals surface area contributed by atoms with Crippen LogP contribution in [0.3, 0.4) is 0 Å². The standard InChI is InChI=1S/C35H54OSi3.C17H26OSi.C17H26Si.C11H12O.C10H10O2.C4H8O/c1-24-21-29-26(23-37(9,10)34(3,4)5)17-15-18-27(29)32(24)38(11,12)33-25(2)22-30-28(33)19-16-20-31(30)36-39(13,14)35(6,7)8;1-12-10-13-8-7-9-14(15(13)16(12)18)11-19(5,6)17(2,3)4;1-13-10-14-8-7-9-15(16(14)11-13)12-18(5,6)17(2,3)4;1-7-4-3-5-9-6-8(2)11(12)10(7)9;1-8(2)10(11)12-9-6-4-3-5-7-9;1-2-4-5-3-1/h15-22,32-33H,23H2,1-14H3;7-9,12H,10-11H2,1-6H3;7-9,11H,10,12H2,1-6H3;3-5,8H,6H2,1-2H3;3-7H,1H2,2H3;1-4H2. The van der Waals surface area contributed by atoms with Gasteiger partial charge in [-0.05, 0) is 197 Å². The van der Waals surface area contributed by atoms with Gasteiger partial charge < -0.3 is 13.9 Å². The fourth-order valence-electron chi connectivity index (χ4n) is 15.0. The van der Waals surface area contributed by atoms with Crippen molar-refractivity contribution in [1.82, 2.24) is 0 Å². The quantitative estimate of drug-likeness (QED) is 0.0526. The smallest absolute Gasteiger partial charge is 0.338 e. The Labute approximate surface area is 643 Å². The van der Waals surface area contributed by atoms with Crippen LogP contribution >= 0.6 is 0 Å². The highest BCUT2D eigenvalue weighted by Crippen LogP contribution is 2.55. The summed E-state index contributed by atoms with van der Waals surface area (Å²) >= 11 is 0. The number of fused-ring (bicyclic) bond motifs is 5. The lowest BCUT2D eigenvalue weighted by molar-refractivity contribution is -0.130. The van der Waals surface area contributed by atoms with Gasteiger partial charge in [0.25, 0.3) is 8.32 Å². The van der Waals surface area contributed by atoms with Crippen LogP contribution in [0.25, 0.3) is 18.2 Å². The van der Waals surface area contributed by atoms with Gasteiger partial charge >= 0.3 is 5.97 Å². The molecule has 11 heteroatoms. The summed E-state index contributed by atoms with van der Waals surface area (Å²) in [5.41, 5.74) is 25.2. The maximum atomic E-state index is 12.4. The van der Waals surface area contributed by atoms with Crippen LogP contribution in [0.2, 0.25) is 85.6 Å². The summed E-state index contributed by atoms with van der Waals surface area (Å²) in [6, 6.07) is 46.0. The van der Waals surface area contributed by atoms with Crippen LogP contribution in [-0.4, -0.2) is 71.4 Å². The third kappa shape index (κ3) is 20.6. The lowest BCUT2D eigenvalue weighted by Gasteiger charge is -2.40. The molecule has 6 aromatic carbocycles. The molecule has 5 aliphatic carbocycles. The molecule has 1 heterocycles. The van der Waals surface area contributed by atoms with E-state index in [1.54, 1.807) is 59.0 Å². The van der Waals surface area contributed by atoms with Gasteiger partial charge in [-0.15, -0.1) is 0 Å². The van der Waals surface area contributed by atoms with Crippen molar-refractivity contribution < 1.29 is 28.3 Å². The van der Waals surface area contributed by atoms with Crippen LogP contribution in [0, 0.1) is 18.8 Å². The van der Waals surface area contributed by atoms with Crippen molar-refractivity contribution in [2.45, 2.75) is 278 Å². The van der Waals surface area contributed by atoms with Gasteiger partial charge in [0.1, 0.15) is 11.5 Å². The van der Waals surface area contributed by atoms with Crippen molar-refractivity contribution >= 4 is 76.4 Å². The number of aryl methyl sites for hydroxylation is 1. The van der Waals surface area contributed by atoms with Crippen LogP contribution in [0.4, 0.5) is 0 Å². The van der Waals surface area contributed by atoms with Gasteiger partial charge in [0.05, 0.1) is 32.3 Å². The first kappa shape index (κ1) is 86.2. The van der Waals surface area contributed by atoms with Gasteiger partial charge in [0, 0.05) is 58.4 Å². The number of hydrogen-bond donors (Lipinski definition) is 0. The van der Waals surface area contributed by atoms with E-state index in [1.165, 1.54) is 75.0 Å². The minimum absolute atomic E-state index is 0.176. The highest BCUT2D eigenvalue weighted by atomic mass is 28.4. The zero-order valence-corrected chi connectivity index (χ0v) is 75.8. The molecule has 105 heavy (non-hydrogen) atoms. The number of ketones is 2. The Morgan fingerprint density at radius 3 is 1.37 bits per heavy atom. The Hall–Kier alpha value is -6.07. The molecule has 0 saturated carbocycles. The fraction of sp³-hybridized carbons (Fsp3) is 0.500. The number of carbonyl (C=O) groups is 3. The Balaban J connectivity index is 0.000000195. The van der Waals surface area contributed by atoms with Gasteiger partial charge in [-0.3, -0.25) is 9.59 Å². The van der Waals surface area contributed by atoms with Crippen LogP contribution in [-0.2, 0) is 46.9 Å². The molecule has 6 aliphatic rings. The molecular weight excluding hydrogens is 1370 g/mol. The van der Waals surface area contributed by atoms with Crippen LogP contribution in [0.5, 0.6) is 11.5 Å². The van der Waals surface area contributed by atoms with Crippen LogP contribution in [0.15, 0.2) is 150 Å². The monoisotopic (exact) mass is 1500 g/mol. The number of rotatable bonds is 12. The van der Waals surface area contributed by atoms with E-state index in [2.05, 4.69) is 280 Å². The van der Waals surface area contributed by atoms with Gasteiger partial charge in [-0.1, -0.05) is 294 Å². The summed E-state index contributed by atoms with van der Waals surface area (Å²) in [7, 11) is -7.87. The fourth-order valence-corrected chi connectivity index (χ4v) is 26.4. The Kier molecular flexibility index (Phi) is 27.8. The summed E-state index contributed by atoms with van der Waals surface area (Å²) < 4.78 is 16.8. The number of Topliss-reactive ketones (excluding diaryl/α,β-unsaturated/α-hetero) is 2. The second-order valence-corrected chi connectivity index (χ2v) is 65.3. The van der Waals surface area contributed by atoms with E-state index in [0.717, 1.165) is 61.0 Å². The van der Waals surface area contributed by atoms with Crippen molar-refractivity contribution in [3.8, 4) is 11.5 Å². The Morgan fingerprint density at radius 2 is 0.905 bits per heavy atom. The number of benzene rings is 6. The normalized spacial score (nSPS) is 18.2. The molecule has 12 rings (SSSR count). The molecule has 1 aliphatic heterocycles. The first-order valence-electron chi connectivity index (χ1n) is 39.3. The number of esters is 1. The first-order chi connectivity index (χ1) is 48.4. The second-order valence-electron chi connectivity index (χ2n) is 38.9. The predicted octanol–water partition coefficient (Wildman–Crippen LogP) is 26.4. The largest absolute Gasteiger partial charge is 0.543 e. The number of allylic oxidation sites excluding steroid dienone is 3. The van der Waals surface area contributed by atoms with E-state index in [4.69, 9.17) is 13.9 Å². The summed E-state index contributed by atoms with van der Waals surface area (Å²) in [5, 5.41) is 1.40. The van der Waals surface area contributed by atoms with Crippen molar-refractivity contribution in [3.05, 3.63) is 228 Å². The molecule has 0 amide bonds. The van der Waals surface area contributed by atoms with Crippen LogP contribution < -0.4 is 9.16 Å². The Bertz CT molecular complexity index is 4090. The zero-order chi connectivity index (χ0) is 78.5. The molecule has 0 aromatic heterocycles.